The lowest BCUT2D eigenvalue weighted by molar-refractivity contribution is -0.122. The molecule has 0 unspecified atom stereocenters. The summed E-state index contributed by atoms with van der Waals surface area (Å²) in [6, 6.07) is 20.0. The number of thioether (sulfide) groups is 1. The van der Waals surface area contributed by atoms with Gasteiger partial charge in [0.1, 0.15) is 0 Å². The van der Waals surface area contributed by atoms with Crippen LogP contribution in [-0.4, -0.2) is 21.7 Å². The number of hydrazone groups is 1. The molecule has 0 atom stereocenters. The molecular formula is C20H16N4OS2. The lowest BCUT2D eigenvalue weighted by atomic mass is 10.1. The predicted molar refractivity (Wildman–Crippen MR) is 115 cm³/mol. The second-order valence-electron chi connectivity index (χ2n) is 5.98. The number of thiocarbonyl (C=S) groups is 1. The maximum Gasteiger partial charge on any atom is 0.285 e. The first-order valence-corrected chi connectivity index (χ1v) is 9.58. The van der Waals surface area contributed by atoms with Crippen LogP contribution in [0.4, 0.5) is 5.69 Å². The molecule has 0 bridgehead atoms. The zero-order valence-corrected chi connectivity index (χ0v) is 16.1. The molecule has 2 N–H and O–H groups in total. The number of amides is 1. The van der Waals surface area contributed by atoms with Gasteiger partial charge < -0.3 is 10.6 Å². The van der Waals surface area contributed by atoms with E-state index in [-0.39, 0.29) is 11.0 Å². The Hall–Kier alpha value is -2.90. The fourth-order valence-electron chi connectivity index (χ4n) is 3.04. The molecule has 2 aliphatic rings. The van der Waals surface area contributed by atoms with Crippen LogP contribution in [0.1, 0.15) is 12.5 Å². The molecule has 2 aromatic carbocycles. The van der Waals surface area contributed by atoms with Crippen LogP contribution in [0.5, 0.6) is 0 Å². The first kappa shape index (κ1) is 17.5. The molecule has 5 nitrogen and oxygen atoms in total. The van der Waals surface area contributed by atoms with Gasteiger partial charge in [0, 0.05) is 11.1 Å². The second kappa shape index (κ2) is 7.02. The summed E-state index contributed by atoms with van der Waals surface area (Å²) in [5, 5.41) is 8.11. The SMILES string of the molecule is CC1=NN(C(N)=S)C(=O)/C1=C1\SC=C(c2ccccc2)N1c1ccccc1. The molecule has 27 heavy (non-hydrogen) atoms. The summed E-state index contributed by atoms with van der Waals surface area (Å²) in [5.74, 6) is -0.300. The van der Waals surface area contributed by atoms with Crippen LogP contribution in [0.2, 0.25) is 0 Å². The van der Waals surface area contributed by atoms with Crippen LogP contribution < -0.4 is 10.6 Å². The van der Waals surface area contributed by atoms with Crippen LogP contribution in [0.25, 0.3) is 5.70 Å². The highest BCUT2D eigenvalue weighted by molar-refractivity contribution is 8.06. The molecule has 0 fully saturated rings. The molecule has 0 aliphatic carbocycles. The van der Waals surface area contributed by atoms with E-state index in [1.54, 1.807) is 6.92 Å². The maximum absolute atomic E-state index is 12.9. The van der Waals surface area contributed by atoms with E-state index in [9.17, 15) is 4.79 Å². The second-order valence-corrected chi connectivity index (χ2v) is 7.26. The monoisotopic (exact) mass is 392 g/mol. The fourth-order valence-corrected chi connectivity index (χ4v) is 4.29. The molecule has 134 valence electrons. The van der Waals surface area contributed by atoms with Crippen molar-refractivity contribution in [2.75, 3.05) is 4.90 Å². The quantitative estimate of drug-likeness (QED) is 0.620. The summed E-state index contributed by atoms with van der Waals surface area (Å²) < 4.78 is 0. The molecule has 4 rings (SSSR count). The summed E-state index contributed by atoms with van der Waals surface area (Å²) in [7, 11) is 0. The Labute approximate surface area is 166 Å². The van der Waals surface area contributed by atoms with Crippen LogP contribution in [0.15, 0.2) is 81.8 Å². The molecule has 7 heteroatoms. The first-order chi connectivity index (χ1) is 13.1. The number of nitrogens with zero attached hydrogens (tertiary/aromatic N) is 3. The maximum atomic E-state index is 12.9. The lowest BCUT2D eigenvalue weighted by Crippen LogP contribution is -2.34. The molecule has 1 amide bonds. The molecule has 0 radical (unpaired) electrons. The zero-order valence-electron chi connectivity index (χ0n) is 14.5. The van der Waals surface area contributed by atoms with Crippen molar-refractivity contribution in [2.24, 2.45) is 10.8 Å². The van der Waals surface area contributed by atoms with E-state index in [1.807, 2.05) is 48.5 Å². The van der Waals surface area contributed by atoms with Gasteiger partial charge in [-0.3, -0.25) is 4.79 Å². The normalized spacial score (nSPS) is 19.4. The van der Waals surface area contributed by atoms with E-state index >= 15 is 0 Å². The van der Waals surface area contributed by atoms with Crippen molar-refractivity contribution in [2.45, 2.75) is 6.92 Å². The highest BCUT2D eigenvalue weighted by Gasteiger charge is 2.37. The molecule has 0 saturated heterocycles. The number of rotatable bonds is 2. The topological polar surface area (TPSA) is 61.9 Å². The Balaban J connectivity index is 1.86. The molecule has 0 spiro atoms. The van der Waals surface area contributed by atoms with E-state index in [0.29, 0.717) is 11.3 Å². The molecule has 2 aromatic rings. The van der Waals surface area contributed by atoms with Crippen molar-refractivity contribution in [1.82, 2.24) is 5.01 Å². The number of carbonyl (C=O) groups excluding carboxylic acids is 1. The van der Waals surface area contributed by atoms with Gasteiger partial charge in [-0.25, -0.2) is 0 Å². The van der Waals surface area contributed by atoms with E-state index in [2.05, 4.69) is 27.5 Å². The van der Waals surface area contributed by atoms with E-state index in [1.165, 1.54) is 11.8 Å². The van der Waals surface area contributed by atoms with E-state index in [4.69, 9.17) is 18.0 Å². The average molecular weight is 393 g/mol. The van der Waals surface area contributed by atoms with Gasteiger partial charge in [0.05, 0.1) is 22.0 Å². The van der Waals surface area contributed by atoms with Gasteiger partial charge in [0.2, 0.25) is 0 Å². The average Bonchev–Trinajstić information content (AvgIpc) is 3.24. The third-order valence-corrected chi connectivity index (χ3v) is 5.37. The number of hydrogen-bond acceptors (Lipinski definition) is 5. The molecular weight excluding hydrogens is 376 g/mol. The van der Waals surface area contributed by atoms with Gasteiger partial charge in [-0.2, -0.15) is 10.1 Å². The van der Waals surface area contributed by atoms with Crippen molar-refractivity contribution in [3.05, 3.63) is 82.2 Å². The highest BCUT2D eigenvalue weighted by atomic mass is 32.2. The van der Waals surface area contributed by atoms with Crippen LogP contribution in [0.3, 0.4) is 0 Å². The highest BCUT2D eigenvalue weighted by Crippen LogP contribution is 2.45. The van der Waals surface area contributed by atoms with Crippen molar-refractivity contribution in [3.8, 4) is 0 Å². The number of nitrogens with two attached hydrogens (primary N) is 1. The van der Waals surface area contributed by atoms with Crippen molar-refractivity contribution >= 4 is 52.1 Å². The van der Waals surface area contributed by atoms with Gasteiger partial charge >= 0.3 is 0 Å². The summed E-state index contributed by atoms with van der Waals surface area (Å²) in [6.07, 6.45) is 0. The smallest absolute Gasteiger partial charge is 0.285 e. The third-order valence-electron chi connectivity index (χ3n) is 4.25. The summed E-state index contributed by atoms with van der Waals surface area (Å²) in [6.45, 7) is 1.79. The van der Waals surface area contributed by atoms with E-state index < -0.39 is 0 Å². The number of hydrogen-bond donors (Lipinski definition) is 1. The number of para-hydroxylation sites is 1. The molecule has 0 aromatic heterocycles. The summed E-state index contributed by atoms with van der Waals surface area (Å²) in [4.78, 5) is 15.0. The minimum Gasteiger partial charge on any atom is -0.374 e. The van der Waals surface area contributed by atoms with Gasteiger partial charge in [0.25, 0.3) is 5.91 Å². The van der Waals surface area contributed by atoms with Gasteiger partial charge in [-0.1, -0.05) is 60.3 Å². The Morgan fingerprint density at radius 1 is 1.07 bits per heavy atom. The van der Waals surface area contributed by atoms with Gasteiger partial charge in [0.15, 0.2) is 5.11 Å². The molecule has 2 aliphatic heterocycles. The standard InChI is InChI=1S/C20H16N4OS2/c1-13-17(18(25)24(22-13)20(21)26)19-23(15-10-6-3-7-11-15)16(12-27-19)14-8-4-2-5-9-14/h2-12H,1H3,(H2,21,26)/b19-17-. The predicted octanol–water partition coefficient (Wildman–Crippen LogP) is 3.91. The minimum absolute atomic E-state index is 0.0551. The fraction of sp³-hybridized carbons (Fsp3) is 0.0500. The summed E-state index contributed by atoms with van der Waals surface area (Å²) in [5.41, 5.74) is 9.79. The Kier molecular flexibility index (Phi) is 4.55. The van der Waals surface area contributed by atoms with Crippen molar-refractivity contribution < 1.29 is 4.79 Å². The summed E-state index contributed by atoms with van der Waals surface area (Å²) >= 11 is 6.45. The zero-order chi connectivity index (χ0) is 19.0. The van der Waals surface area contributed by atoms with Crippen LogP contribution >= 0.6 is 24.0 Å². The third kappa shape index (κ3) is 3.05. The minimum atomic E-state index is -0.300. The van der Waals surface area contributed by atoms with Crippen LogP contribution in [-0.2, 0) is 4.79 Å². The van der Waals surface area contributed by atoms with Gasteiger partial charge in [-0.05, 0) is 36.8 Å². The number of anilines is 1. The lowest BCUT2D eigenvalue weighted by Gasteiger charge is -2.25. The van der Waals surface area contributed by atoms with Crippen LogP contribution in [0, 0.1) is 0 Å². The van der Waals surface area contributed by atoms with E-state index in [0.717, 1.165) is 27.0 Å². The Morgan fingerprint density at radius 3 is 2.30 bits per heavy atom. The Morgan fingerprint density at radius 2 is 1.70 bits per heavy atom. The number of benzene rings is 2. The van der Waals surface area contributed by atoms with Gasteiger partial charge in [-0.15, -0.1) is 0 Å². The molecule has 0 saturated carbocycles. The Bertz CT molecular complexity index is 1010. The number of carbonyl (C=O) groups is 1. The first-order valence-electron chi connectivity index (χ1n) is 8.29. The molecule has 2 heterocycles. The van der Waals surface area contributed by atoms with Crippen molar-refractivity contribution in [1.29, 1.82) is 0 Å². The van der Waals surface area contributed by atoms with Crippen molar-refractivity contribution in [3.63, 3.8) is 0 Å². The largest absolute Gasteiger partial charge is 0.374 e.